The molecule has 0 aliphatic heterocycles. The van der Waals surface area contributed by atoms with Crippen molar-refractivity contribution in [2.24, 2.45) is 0 Å². The first-order valence-corrected chi connectivity index (χ1v) is 10.3. The van der Waals surface area contributed by atoms with Crippen LogP contribution in [0, 0.1) is 15.9 Å². The van der Waals surface area contributed by atoms with Gasteiger partial charge >= 0.3 is 0 Å². The Labute approximate surface area is 198 Å². The molecule has 0 bridgehead atoms. The molecule has 4 rings (SSSR count). The first-order chi connectivity index (χ1) is 16.8. The SMILES string of the molecule is COc1ccc(Oc2ccc([N+](=O)[O-])cc2C(=O)NC(C)c2nc(-c3ccc(F)cc3)no2)cc1. The molecule has 11 heteroatoms. The van der Waals surface area contributed by atoms with Gasteiger partial charge in [-0.05, 0) is 61.5 Å². The summed E-state index contributed by atoms with van der Waals surface area (Å²) in [4.78, 5) is 28.0. The van der Waals surface area contributed by atoms with Gasteiger partial charge < -0.3 is 19.3 Å². The number of carbonyl (C=O) groups excluding carboxylic acids is 1. The van der Waals surface area contributed by atoms with Crippen LogP contribution in [-0.4, -0.2) is 28.1 Å². The molecule has 1 aromatic heterocycles. The molecular formula is C24H19FN4O6. The molecule has 0 aliphatic carbocycles. The summed E-state index contributed by atoms with van der Waals surface area (Å²) < 4.78 is 29.3. The van der Waals surface area contributed by atoms with Crippen LogP contribution in [-0.2, 0) is 0 Å². The highest BCUT2D eigenvalue weighted by atomic mass is 19.1. The van der Waals surface area contributed by atoms with Gasteiger partial charge in [-0.15, -0.1) is 0 Å². The van der Waals surface area contributed by atoms with E-state index in [1.165, 1.54) is 43.5 Å². The molecule has 1 amide bonds. The van der Waals surface area contributed by atoms with Gasteiger partial charge in [0, 0.05) is 17.7 Å². The molecule has 0 saturated carbocycles. The Morgan fingerprint density at radius 2 is 1.77 bits per heavy atom. The molecule has 1 atom stereocenters. The third kappa shape index (κ3) is 5.41. The number of nitro benzene ring substituents is 1. The highest BCUT2D eigenvalue weighted by Gasteiger charge is 2.23. The number of halogens is 1. The minimum Gasteiger partial charge on any atom is -0.497 e. The maximum atomic E-state index is 13.2. The van der Waals surface area contributed by atoms with Crippen molar-refractivity contribution < 1.29 is 28.1 Å². The monoisotopic (exact) mass is 478 g/mol. The predicted octanol–water partition coefficient (Wildman–Crippen LogP) is 5.08. The number of ether oxygens (including phenoxy) is 2. The first kappa shape index (κ1) is 23.4. The summed E-state index contributed by atoms with van der Waals surface area (Å²) in [7, 11) is 1.53. The van der Waals surface area contributed by atoms with E-state index in [0.717, 1.165) is 6.07 Å². The largest absolute Gasteiger partial charge is 0.497 e. The van der Waals surface area contributed by atoms with E-state index in [2.05, 4.69) is 15.5 Å². The maximum absolute atomic E-state index is 13.2. The fourth-order valence-electron chi connectivity index (χ4n) is 3.13. The minimum absolute atomic E-state index is 0.0554. The molecule has 1 unspecified atom stereocenters. The van der Waals surface area contributed by atoms with Crippen molar-refractivity contribution in [1.29, 1.82) is 0 Å². The van der Waals surface area contributed by atoms with E-state index in [-0.39, 0.29) is 28.7 Å². The molecule has 35 heavy (non-hydrogen) atoms. The molecule has 0 fully saturated rings. The fraction of sp³-hybridized carbons (Fsp3) is 0.125. The van der Waals surface area contributed by atoms with Gasteiger partial charge in [0.1, 0.15) is 29.1 Å². The van der Waals surface area contributed by atoms with Gasteiger partial charge in [0.2, 0.25) is 11.7 Å². The molecule has 3 aromatic carbocycles. The lowest BCUT2D eigenvalue weighted by molar-refractivity contribution is -0.384. The standard InChI is InChI=1S/C24H19FN4O6/c1-14(24-27-22(28-35-24)15-3-5-16(25)6-4-15)26-23(30)20-13-17(29(31)32)7-12-21(20)34-19-10-8-18(33-2)9-11-19/h3-14H,1-2H3,(H,26,30). The quantitative estimate of drug-likeness (QED) is 0.274. The Hall–Kier alpha value is -4.80. The van der Waals surface area contributed by atoms with Crippen LogP contribution in [0.25, 0.3) is 11.4 Å². The van der Waals surface area contributed by atoms with E-state index in [4.69, 9.17) is 14.0 Å². The predicted molar refractivity (Wildman–Crippen MR) is 122 cm³/mol. The second-order valence-electron chi connectivity index (χ2n) is 7.37. The number of hydrogen-bond acceptors (Lipinski definition) is 8. The van der Waals surface area contributed by atoms with Crippen LogP contribution < -0.4 is 14.8 Å². The summed E-state index contributed by atoms with van der Waals surface area (Å²) in [6, 6.07) is 15.1. The van der Waals surface area contributed by atoms with E-state index in [1.54, 1.807) is 31.2 Å². The number of rotatable bonds is 8. The summed E-state index contributed by atoms with van der Waals surface area (Å²) in [5.41, 5.74) is 0.204. The van der Waals surface area contributed by atoms with Gasteiger partial charge in [-0.2, -0.15) is 4.98 Å². The van der Waals surface area contributed by atoms with Crippen molar-refractivity contribution in [3.05, 3.63) is 94.1 Å². The summed E-state index contributed by atoms with van der Waals surface area (Å²) in [6.45, 7) is 1.61. The topological polar surface area (TPSA) is 130 Å². The van der Waals surface area contributed by atoms with Crippen LogP contribution in [0.5, 0.6) is 17.2 Å². The molecule has 0 saturated heterocycles. The molecule has 0 spiro atoms. The summed E-state index contributed by atoms with van der Waals surface area (Å²) >= 11 is 0. The van der Waals surface area contributed by atoms with E-state index in [1.807, 2.05) is 0 Å². The summed E-state index contributed by atoms with van der Waals surface area (Å²) in [6.07, 6.45) is 0. The highest BCUT2D eigenvalue weighted by molar-refractivity contribution is 5.97. The van der Waals surface area contributed by atoms with Crippen LogP contribution in [0.15, 0.2) is 71.3 Å². The molecule has 10 nitrogen and oxygen atoms in total. The molecular weight excluding hydrogens is 459 g/mol. The molecule has 4 aromatic rings. The van der Waals surface area contributed by atoms with Gasteiger partial charge in [-0.3, -0.25) is 14.9 Å². The number of carbonyl (C=O) groups is 1. The average molecular weight is 478 g/mol. The molecule has 178 valence electrons. The third-order valence-corrected chi connectivity index (χ3v) is 4.97. The molecule has 0 aliphatic rings. The van der Waals surface area contributed by atoms with Gasteiger partial charge in [-0.25, -0.2) is 4.39 Å². The van der Waals surface area contributed by atoms with Gasteiger partial charge in [0.05, 0.1) is 17.6 Å². The Bertz CT molecular complexity index is 1360. The third-order valence-electron chi connectivity index (χ3n) is 4.97. The average Bonchev–Trinajstić information content (AvgIpc) is 3.35. The lowest BCUT2D eigenvalue weighted by Crippen LogP contribution is -2.27. The number of amides is 1. The number of nitrogens with zero attached hydrogens (tertiary/aromatic N) is 3. The van der Waals surface area contributed by atoms with Crippen molar-refractivity contribution in [2.45, 2.75) is 13.0 Å². The zero-order valence-electron chi connectivity index (χ0n) is 18.6. The molecule has 1 heterocycles. The Balaban J connectivity index is 1.56. The van der Waals surface area contributed by atoms with Crippen molar-refractivity contribution in [3.8, 4) is 28.6 Å². The molecule has 0 radical (unpaired) electrons. The summed E-state index contributed by atoms with van der Waals surface area (Å²) in [5, 5.41) is 17.8. The van der Waals surface area contributed by atoms with Crippen LogP contribution in [0.4, 0.5) is 10.1 Å². The second kappa shape index (κ2) is 10.00. The number of hydrogen-bond donors (Lipinski definition) is 1. The first-order valence-electron chi connectivity index (χ1n) is 10.3. The zero-order valence-corrected chi connectivity index (χ0v) is 18.6. The van der Waals surface area contributed by atoms with Gasteiger partial charge in [0.15, 0.2) is 0 Å². The number of non-ortho nitro benzene ring substituents is 1. The Morgan fingerprint density at radius 3 is 2.43 bits per heavy atom. The number of methoxy groups -OCH3 is 1. The highest BCUT2D eigenvalue weighted by Crippen LogP contribution is 2.30. The molecule has 1 N–H and O–H groups in total. The second-order valence-corrected chi connectivity index (χ2v) is 7.37. The number of aromatic nitrogens is 2. The van der Waals surface area contributed by atoms with Crippen LogP contribution in [0.1, 0.15) is 29.2 Å². The van der Waals surface area contributed by atoms with Gasteiger partial charge in [0.25, 0.3) is 11.6 Å². The summed E-state index contributed by atoms with van der Waals surface area (Å²) in [5.74, 6) is 0.410. The number of benzene rings is 3. The van der Waals surface area contributed by atoms with Crippen molar-refractivity contribution in [3.63, 3.8) is 0 Å². The Kier molecular flexibility index (Phi) is 6.67. The Morgan fingerprint density at radius 1 is 1.09 bits per heavy atom. The maximum Gasteiger partial charge on any atom is 0.270 e. The van der Waals surface area contributed by atoms with Crippen LogP contribution >= 0.6 is 0 Å². The minimum atomic E-state index is -0.739. The van der Waals surface area contributed by atoms with Crippen LogP contribution in [0.3, 0.4) is 0 Å². The van der Waals surface area contributed by atoms with Crippen molar-refractivity contribution >= 4 is 11.6 Å². The van der Waals surface area contributed by atoms with Crippen LogP contribution in [0.2, 0.25) is 0 Å². The smallest absolute Gasteiger partial charge is 0.270 e. The fourth-order valence-corrected chi connectivity index (χ4v) is 3.13. The normalized spacial score (nSPS) is 11.5. The lowest BCUT2D eigenvalue weighted by atomic mass is 10.1. The van der Waals surface area contributed by atoms with E-state index in [9.17, 15) is 19.3 Å². The van der Waals surface area contributed by atoms with E-state index < -0.39 is 22.7 Å². The zero-order chi connectivity index (χ0) is 24.9. The van der Waals surface area contributed by atoms with Gasteiger partial charge in [-0.1, -0.05) is 5.16 Å². The van der Waals surface area contributed by atoms with E-state index in [0.29, 0.717) is 17.1 Å². The van der Waals surface area contributed by atoms with E-state index >= 15 is 0 Å². The van der Waals surface area contributed by atoms with Crippen molar-refractivity contribution in [2.75, 3.05) is 7.11 Å². The lowest BCUT2D eigenvalue weighted by Gasteiger charge is -2.14. The number of nitrogens with one attached hydrogen (secondary N) is 1. The number of nitro groups is 1. The van der Waals surface area contributed by atoms with Crippen molar-refractivity contribution in [1.82, 2.24) is 15.5 Å².